The molecule has 0 spiro atoms. The van der Waals surface area contributed by atoms with Gasteiger partial charge in [-0.05, 0) is 12.1 Å². The van der Waals surface area contributed by atoms with Gasteiger partial charge in [-0.1, -0.05) is 5.73 Å². The summed E-state index contributed by atoms with van der Waals surface area (Å²) in [6, 6.07) is 1.41. The summed E-state index contributed by atoms with van der Waals surface area (Å²) in [7, 11) is 2.57. The van der Waals surface area contributed by atoms with E-state index < -0.39 is 29.0 Å². The van der Waals surface area contributed by atoms with E-state index in [9.17, 15) is 22.8 Å². The van der Waals surface area contributed by atoms with Gasteiger partial charge in [0.15, 0.2) is 0 Å². The number of nitrogen functional groups attached to an aromatic ring is 1. The van der Waals surface area contributed by atoms with Crippen LogP contribution in [0.1, 0.15) is 23.1 Å². The van der Waals surface area contributed by atoms with Gasteiger partial charge in [0.25, 0.3) is 5.56 Å². The van der Waals surface area contributed by atoms with Crippen LogP contribution in [0.2, 0.25) is 0 Å². The van der Waals surface area contributed by atoms with Crippen molar-refractivity contribution in [1.29, 1.82) is 5.41 Å². The molecular weight excluding hydrogens is 509 g/mol. The van der Waals surface area contributed by atoms with Gasteiger partial charge in [0, 0.05) is 44.0 Å². The van der Waals surface area contributed by atoms with Crippen LogP contribution in [0.5, 0.6) is 0 Å². The summed E-state index contributed by atoms with van der Waals surface area (Å²) in [5.41, 5.74) is 8.54. The summed E-state index contributed by atoms with van der Waals surface area (Å²) >= 11 is 0. The van der Waals surface area contributed by atoms with E-state index >= 15 is 0 Å². The van der Waals surface area contributed by atoms with E-state index in [0.29, 0.717) is 48.9 Å². The number of aryl methyl sites for hydroxylation is 1. The highest BCUT2D eigenvalue weighted by molar-refractivity contribution is 5.97. The first-order valence-corrected chi connectivity index (χ1v) is 11.4. The van der Waals surface area contributed by atoms with Crippen molar-refractivity contribution < 1.29 is 32.2 Å². The van der Waals surface area contributed by atoms with Crippen LogP contribution in [0.3, 0.4) is 0 Å². The number of nitrogens with one attached hydrogen (secondary N) is 2. The molecule has 3 heterocycles. The molecule has 2 aliphatic rings. The lowest BCUT2D eigenvalue weighted by molar-refractivity contribution is -0.138. The fourth-order valence-electron chi connectivity index (χ4n) is 3.69. The molecular formula is C24H25F3N6O5. The van der Waals surface area contributed by atoms with Crippen LogP contribution in [-0.4, -0.2) is 66.0 Å². The molecule has 1 fully saturated rings. The molecule has 2 aromatic rings. The van der Waals surface area contributed by atoms with E-state index in [1.807, 2.05) is 0 Å². The molecule has 202 valence electrons. The number of carbonyl (C=O) groups is 1. The largest absolute Gasteiger partial charge is 0.475 e. The van der Waals surface area contributed by atoms with Crippen molar-refractivity contribution in [1.82, 2.24) is 14.5 Å². The normalized spacial score (nSPS) is 17.1. The van der Waals surface area contributed by atoms with Crippen LogP contribution < -0.4 is 16.6 Å². The zero-order valence-corrected chi connectivity index (χ0v) is 20.5. The molecule has 2 amide bonds. The summed E-state index contributed by atoms with van der Waals surface area (Å²) in [5.74, 6) is -0.0860. The molecule has 0 unspecified atom stereocenters. The first-order chi connectivity index (χ1) is 17.9. The maximum atomic E-state index is 13.1. The number of ether oxygens (including phenoxy) is 3. The SMILES string of the molecule is CN(C(=O)Nc1cc(C(F)(F)F)cn(C)c1=O)C1=C=C(c2cnc(N)c(C(=N)OC[C@H]3COCCO3)c2)C1. The lowest BCUT2D eigenvalue weighted by Crippen LogP contribution is -2.35. The molecule has 0 aromatic carbocycles. The summed E-state index contributed by atoms with van der Waals surface area (Å²) in [6.07, 6.45) is -2.55. The third kappa shape index (κ3) is 5.88. The van der Waals surface area contributed by atoms with Gasteiger partial charge in [0.2, 0.25) is 5.90 Å². The minimum absolute atomic E-state index is 0.0999. The summed E-state index contributed by atoms with van der Waals surface area (Å²) in [6.45, 7) is 1.44. The summed E-state index contributed by atoms with van der Waals surface area (Å²) in [5, 5.41) is 10.5. The monoisotopic (exact) mass is 534 g/mol. The topological polar surface area (TPSA) is 145 Å². The number of alkyl halides is 3. The molecule has 1 atom stereocenters. The average Bonchev–Trinajstić information content (AvgIpc) is 2.85. The zero-order chi connectivity index (χ0) is 27.6. The number of carbonyl (C=O) groups excluding carboxylic acids is 1. The first-order valence-electron chi connectivity index (χ1n) is 11.4. The summed E-state index contributed by atoms with van der Waals surface area (Å²) in [4.78, 5) is 30.1. The van der Waals surface area contributed by atoms with Gasteiger partial charge in [-0.25, -0.2) is 9.78 Å². The molecule has 0 radical (unpaired) electrons. The molecule has 1 aliphatic carbocycles. The van der Waals surface area contributed by atoms with E-state index in [1.165, 1.54) is 13.2 Å². The van der Waals surface area contributed by atoms with Gasteiger partial charge in [-0.15, -0.1) is 0 Å². The predicted molar refractivity (Wildman–Crippen MR) is 131 cm³/mol. The molecule has 1 aliphatic heterocycles. The van der Waals surface area contributed by atoms with Gasteiger partial charge in [0.1, 0.15) is 24.2 Å². The Kier molecular flexibility index (Phi) is 7.58. The van der Waals surface area contributed by atoms with E-state index in [0.717, 1.165) is 16.5 Å². The number of rotatable bonds is 6. The van der Waals surface area contributed by atoms with Crippen molar-refractivity contribution in [3.05, 3.63) is 63.0 Å². The Morgan fingerprint density at radius 1 is 1.39 bits per heavy atom. The Hall–Kier alpha value is -4.13. The van der Waals surface area contributed by atoms with Crippen molar-refractivity contribution in [2.24, 2.45) is 7.05 Å². The second kappa shape index (κ2) is 10.7. The molecule has 11 nitrogen and oxygen atoms in total. The molecule has 0 bridgehead atoms. The highest BCUT2D eigenvalue weighted by Crippen LogP contribution is 2.32. The van der Waals surface area contributed by atoms with Crippen molar-refractivity contribution in [2.75, 3.05) is 44.5 Å². The Balaban J connectivity index is 1.46. The number of hydrogen-bond acceptors (Lipinski definition) is 8. The lowest BCUT2D eigenvalue weighted by atomic mass is 9.95. The van der Waals surface area contributed by atoms with Crippen molar-refractivity contribution in [3.63, 3.8) is 0 Å². The van der Waals surface area contributed by atoms with Crippen LogP contribution in [-0.2, 0) is 27.4 Å². The van der Waals surface area contributed by atoms with Crippen LogP contribution in [0.25, 0.3) is 5.57 Å². The highest BCUT2D eigenvalue weighted by atomic mass is 19.4. The van der Waals surface area contributed by atoms with E-state index in [2.05, 4.69) is 16.0 Å². The third-order valence-electron chi connectivity index (χ3n) is 5.91. The van der Waals surface area contributed by atoms with Crippen LogP contribution in [0, 0.1) is 5.41 Å². The van der Waals surface area contributed by atoms with Gasteiger partial charge in [-0.2, -0.15) is 13.2 Å². The Labute approximate surface area is 214 Å². The third-order valence-corrected chi connectivity index (χ3v) is 5.91. The molecule has 0 saturated carbocycles. The number of nitrogens with zero attached hydrogens (tertiary/aromatic N) is 3. The number of urea groups is 1. The van der Waals surface area contributed by atoms with Crippen molar-refractivity contribution in [3.8, 4) is 0 Å². The standard InChI is InChI=1S/C24H25F3N6O5/c1-32-10-15(24(25,26)27)8-19(22(32)34)31-23(35)33(2)16-5-13(6-16)14-7-18(20(28)30-9-14)21(29)38-12-17-11-36-3-4-37-17/h7-10,17,29H,3-5,11-12H2,1-2H3,(H2,28,30)(H,31,35)/t17-/m1/s1. The van der Waals surface area contributed by atoms with Gasteiger partial charge in [0.05, 0.1) is 36.6 Å². The highest BCUT2D eigenvalue weighted by Gasteiger charge is 2.32. The Bertz CT molecular complexity index is 1390. The maximum Gasteiger partial charge on any atom is 0.417 e. The fourth-order valence-corrected chi connectivity index (χ4v) is 3.69. The molecule has 2 aromatic heterocycles. The minimum Gasteiger partial charge on any atom is -0.475 e. The quantitative estimate of drug-likeness (QED) is 0.293. The second-order valence-corrected chi connectivity index (χ2v) is 8.64. The van der Waals surface area contributed by atoms with Crippen LogP contribution in [0.15, 0.2) is 40.7 Å². The fraction of sp³-hybridized carbons (Fsp3) is 0.375. The van der Waals surface area contributed by atoms with Gasteiger partial charge >= 0.3 is 12.2 Å². The molecule has 1 saturated heterocycles. The van der Waals surface area contributed by atoms with Crippen LogP contribution in [0.4, 0.5) is 29.5 Å². The van der Waals surface area contributed by atoms with E-state index in [4.69, 9.17) is 25.4 Å². The van der Waals surface area contributed by atoms with Crippen LogP contribution >= 0.6 is 0 Å². The lowest BCUT2D eigenvalue weighted by Gasteiger charge is -2.25. The number of anilines is 2. The number of pyridine rings is 2. The van der Waals surface area contributed by atoms with Gasteiger partial charge in [-0.3, -0.25) is 15.1 Å². The summed E-state index contributed by atoms with van der Waals surface area (Å²) < 4.78 is 56.4. The molecule has 38 heavy (non-hydrogen) atoms. The first kappa shape index (κ1) is 26.9. The second-order valence-electron chi connectivity index (χ2n) is 8.64. The van der Waals surface area contributed by atoms with Gasteiger partial charge < -0.3 is 29.8 Å². The number of nitrogens with two attached hydrogens (primary N) is 1. The molecule has 4 N–H and O–H groups in total. The molecule has 4 rings (SSSR count). The number of hydrogen-bond donors (Lipinski definition) is 3. The van der Waals surface area contributed by atoms with E-state index in [1.54, 1.807) is 6.07 Å². The number of halogens is 3. The Morgan fingerprint density at radius 3 is 2.79 bits per heavy atom. The molecule has 14 heteroatoms. The van der Waals surface area contributed by atoms with Crippen molar-refractivity contribution in [2.45, 2.75) is 18.7 Å². The van der Waals surface area contributed by atoms with E-state index in [-0.39, 0.29) is 36.4 Å². The minimum atomic E-state index is -4.68. The number of amides is 2. The smallest absolute Gasteiger partial charge is 0.417 e. The number of aromatic nitrogens is 2. The zero-order valence-electron chi connectivity index (χ0n) is 20.5. The average molecular weight is 534 g/mol. The predicted octanol–water partition coefficient (Wildman–Crippen LogP) is 2.57. The maximum absolute atomic E-state index is 13.1. The Morgan fingerprint density at radius 2 is 2.13 bits per heavy atom. The van der Waals surface area contributed by atoms with Crippen molar-refractivity contribution >= 4 is 29.0 Å².